The molecule has 84 valence electrons. The molecular weight excluding hydrogens is 210 g/mol. The van der Waals surface area contributed by atoms with E-state index in [4.69, 9.17) is 0 Å². The van der Waals surface area contributed by atoms with Gasteiger partial charge in [0.15, 0.2) is 11.5 Å². The molecule has 2 heterocycles. The van der Waals surface area contributed by atoms with Crippen molar-refractivity contribution in [1.29, 1.82) is 0 Å². The molecule has 16 heavy (non-hydrogen) atoms. The van der Waals surface area contributed by atoms with Crippen LogP contribution in [0.1, 0.15) is 0 Å². The zero-order valence-corrected chi connectivity index (χ0v) is 9.21. The van der Waals surface area contributed by atoms with Crippen LogP contribution in [-0.4, -0.2) is 33.8 Å². The van der Waals surface area contributed by atoms with Crippen LogP contribution in [-0.2, 0) is 7.05 Å². The molecule has 0 radical (unpaired) electrons. The minimum atomic E-state index is -0.459. The molecule has 0 aromatic carbocycles. The van der Waals surface area contributed by atoms with Gasteiger partial charge in [0.05, 0.1) is 10.3 Å². The van der Waals surface area contributed by atoms with Crippen LogP contribution >= 0.6 is 0 Å². The van der Waals surface area contributed by atoms with Gasteiger partial charge in [0.2, 0.25) is 0 Å². The summed E-state index contributed by atoms with van der Waals surface area (Å²) in [5.74, 6) is 0.675. The van der Waals surface area contributed by atoms with Gasteiger partial charge in [-0.05, 0) is 0 Å². The third-order valence-electron chi connectivity index (χ3n) is 2.28. The smallest absolute Gasteiger partial charge is 0.288 e. The molecule has 0 spiro atoms. The number of anilines is 1. The van der Waals surface area contributed by atoms with Crippen LogP contribution in [0, 0.1) is 10.1 Å². The number of hydrogen-bond donors (Lipinski definition) is 0. The number of hydrogen-bond acceptors (Lipinski definition) is 5. The Labute approximate surface area is 91.4 Å². The first-order chi connectivity index (χ1) is 7.50. The molecule has 0 aliphatic heterocycles. The molecule has 0 saturated carbocycles. The first kappa shape index (κ1) is 10.3. The lowest BCUT2D eigenvalue weighted by Crippen LogP contribution is -2.09. The molecule has 0 unspecified atom stereocenters. The minimum absolute atomic E-state index is 0.0244. The van der Waals surface area contributed by atoms with Crippen molar-refractivity contribution < 1.29 is 4.92 Å². The molecule has 7 heteroatoms. The number of pyridine rings is 1. The third kappa shape index (κ3) is 1.46. The van der Waals surface area contributed by atoms with E-state index in [9.17, 15) is 10.1 Å². The van der Waals surface area contributed by atoms with Gasteiger partial charge in [-0.2, -0.15) is 5.10 Å². The number of aromatic nitrogens is 3. The molecule has 0 aliphatic rings. The molecule has 0 N–H and O–H groups in total. The summed E-state index contributed by atoms with van der Waals surface area (Å²) >= 11 is 0. The molecule has 2 rings (SSSR count). The van der Waals surface area contributed by atoms with E-state index in [0.717, 1.165) is 0 Å². The topological polar surface area (TPSA) is 77.1 Å². The fourth-order valence-electron chi connectivity index (χ4n) is 1.54. The average molecular weight is 221 g/mol. The summed E-state index contributed by atoms with van der Waals surface area (Å²) in [4.78, 5) is 16.0. The van der Waals surface area contributed by atoms with Crippen LogP contribution in [0.15, 0.2) is 12.3 Å². The molecule has 0 fully saturated rings. The van der Waals surface area contributed by atoms with Crippen LogP contribution in [0.2, 0.25) is 0 Å². The summed E-state index contributed by atoms with van der Waals surface area (Å²) in [7, 11) is 5.43. The first-order valence-electron chi connectivity index (χ1n) is 4.65. The van der Waals surface area contributed by atoms with E-state index < -0.39 is 4.92 Å². The van der Waals surface area contributed by atoms with Crippen molar-refractivity contribution in [2.24, 2.45) is 7.05 Å². The van der Waals surface area contributed by atoms with E-state index in [1.165, 1.54) is 12.3 Å². The molecule has 0 aliphatic carbocycles. The van der Waals surface area contributed by atoms with E-state index in [1.54, 1.807) is 16.6 Å². The zero-order chi connectivity index (χ0) is 11.9. The summed E-state index contributed by atoms with van der Waals surface area (Å²) in [5.41, 5.74) is 0.609. The van der Waals surface area contributed by atoms with Gasteiger partial charge >= 0.3 is 0 Å². The van der Waals surface area contributed by atoms with E-state index in [1.807, 2.05) is 14.1 Å². The highest BCUT2D eigenvalue weighted by atomic mass is 16.6. The predicted octanol–water partition coefficient (Wildman–Crippen LogP) is 0.942. The summed E-state index contributed by atoms with van der Waals surface area (Å²) in [6.07, 6.45) is 1.24. The number of rotatable bonds is 2. The molecule has 2 aromatic rings. The van der Waals surface area contributed by atoms with Gasteiger partial charge in [-0.1, -0.05) is 0 Å². The molecule has 0 saturated heterocycles. The number of fused-ring (bicyclic) bond motifs is 1. The van der Waals surface area contributed by atoms with Gasteiger partial charge in [0.1, 0.15) is 6.20 Å². The second-order valence-corrected chi connectivity index (χ2v) is 3.66. The Morgan fingerprint density at radius 1 is 1.50 bits per heavy atom. The molecule has 0 amide bonds. The van der Waals surface area contributed by atoms with Crippen molar-refractivity contribution in [2.45, 2.75) is 0 Å². The first-order valence-corrected chi connectivity index (χ1v) is 4.65. The van der Waals surface area contributed by atoms with Crippen molar-refractivity contribution in [3.05, 3.63) is 22.4 Å². The third-order valence-corrected chi connectivity index (χ3v) is 2.28. The highest BCUT2D eigenvalue weighted by Gasteiger charge is 2.15. The quantitative estimate of drug-likeness (QED) is 0.557. The van der Waals surface area contributed by atoms with E-state index >= 15 is 0 Å². The molecular formula is C9H11N5O2. The fraction of sp³-hybridized carbons (Fsp3) is 0.333. The maximum Gasteiger partial charge on any atom is 0.288 e. The maximum atomic E-state index is 10.7. The van der Waals surface area contributed by atoms with Gasteiger partial charge in [-0.3, -0.25) is 10.1 Å². The highest BCUT2D eigenvalue weighted by Crippen LogP contribution is 2.25. The van der Waals surface area contributed by atoms with Crippen molar-refractivity contribution in [1.82, 2.24) is 14.8 Å². The molecule has 2 aromatic heterocycles. The summed E-state index contributed by atoms with van der Waals surface area (Å²) in [6, 6.07) is 1.49. The van der Waals surface area contributed by atoms with Gasteiger partial charge in [-0.25, -0.2) is 9.67 Å². The lowest BCUT2D eigenvalue weighted by molar-refractivity contribution is -0.385. The van der Waals surface area contributed by atoms with E-state index in [-0.39, 0.29) is 5.69 Å². The average Bonchev–Trinajstić information content (AvgIpc) is 2.56. The van der Waals surface area contributed by atoms with Gasteiger partial charge < -0.3 is 4.90 Å². The van der Waals surface area contributed by atoms with Gasteiger partial charge in [-0.15, -0.1) is 0 Å². The summed E-state index contributed by atoms with van der Waals surface area (Å²) in [5, 5.41) is 15.6. The second-order valence-electron chi connectivity index (χ2n) is 3.66. The monoisotopic (exact) mass is 221 g/mol. The Bertz CT molecular complexity index is 560. The lowest BCUT2D eigenvalue weighted by Gasteiger charge is -2.07. The van der Waals surface area contributed by atoms with E-state index in [2.05, 4.69) is 10.1 Å². The predicted molar refractivity (Wildman–Crippen MR) is 59.5 cm³/mol. The van der Waals surface area contributed by atoms with Crippen LogP contribution in [0.4, 0.5) is 11.5 Å². The number of nitrogens with zero attached hydrogens (tertiary/aromatic N) is 5. The number of nitro groups is 1. The van der Waals surface area contributed by atoms with Crippen molar-refractivity contribution in [2.75, 3.05) is 19.0 Å². The largest absolute Gasteiger partial charge is 0.361 e. The lowest BCUT2D eigenvalue weighted by atomic mass is 10.3. The second kappa shape index (κ2) is 3.44. The Morgan fingerprint density at radius 2 is 2.19 bits per heavy atom. The molecule has 0 bridgehead atoms. The fourth-order valence-corrected chi connectivity index (χ4v) is 1.54. The normalized spacial score (nSPS) is 10.7. The Kier molecular flexibility index (Phi) is 2.22. The van der Waals surface area contributed by atoms with Gasteiger partial charge in [0.25, 0.3) is 5.69 Å². The van der Waals surface area contributed by atoms with Crippen molar-refractivity contribution in [3.8, 4) is 0 Å². The zero-order valence-electron chi connectivity index (χ0n) is 9.21. The van der Waals surface area contributed by atoms with Crippen LogP contribution in [0.25, 0.3) is 11.0 Å². The Morgan fingerprint density at radius 3 is 2.75 bits per heavy atom. The summed E-state index contributed by atoms with van der Waals surface area (Å²) in [6.45, 7) is 0. The van der Waals surface area contributed by atoms with Crippen LogP contribution < -0.4 is 4.90 Å². The standard InChI is InChI=1S/C9H11N5O2/c1-12(2)9-7-4-6(14(15)16)5-10-8(7)13(3)11-9/h4-5H,1-3H3. The highest BCUT2D eigenvalue weighted by molar-refractivity contribution is 5.89. The van der Waals surface area contributed by atoms with Gasteiger partial charge in [0, 0.05) is 27.2 Å². The van der Waals surface area contributed by atoms with Crippen molar-refractivity contribution >= 4 is 22.5 Å². The van der Waals surface area contributed by atoms with Crippen molar-refractivity contribution in [3.63, 3.8) is 0 Å². The maximum absolute atomic E-state index is 10.7. The van der Waals surface area contributed by atoms with Crippen LogP contribution in [0.5, 0.6) is 0 Å². The summed E-state index contributed by atoms with van der Waals surface area (Å²) < 4.78 is 1.61. The SMILES string of the molecule is CN(C)c1nn(C)c2ncc([N+](=O)[O-])cc12. The number of aryl methyl sites for hydroxylation is 1. The molecule has 0 atom stereocenters. The Balaban J connectivity index is 2.74. The minimum Gasteiger partial charge on any atom is -0.361 e. The Hall–Kier alpha value is -2.18. The van der Waals surface area contributed by atoms with E-state index in [0.29, 0.717) is 16.9 Å². The molecule has 7 nitrogen and oxygen atoms in total. The van der Waals surface area contributed by atoms with Crippen LogP contribution in [0.3, 0.4) is 0 Å².